The fraction of sp³-hybridized carbons (Fsp3) is 1.00. The predicted octanol–water partition coefficient (Wildman–Crippen LogP) is 2.99. The standard InChI is InChI=1S/C12H21N.ClH/c1-11-4-9-3-10(5-11)7-12(6-9,8-11)13-2;/h9-10,13H,3-8H2,1-2H3;1H. The highest BCUT2D eigenvalue weighted by Gasteiger charge is 2.54. The first-order chi connectivity index (χ1) is 6.13. The minimum absolute atomic E-state index is 0. The molecule has 0 aromatic carbocycles. The molecule has 2 heteroatoms. The zero-order valence-electron chi connectivity index (χ0n) is 9.31. The second kappa shape index (κ2) is 3.12. The molecule has 4 bridgehead atoms. The molecule has 2 unspecified atom stereocenters. The molecule has 1 nitrogen and oxygen atoms in total. The van der Waals surface area contributed by atoms with Crippen LogP contribution in [0.2, 0.25) is 0 Å². The predicted molar refractivity (Wildman–Crippen MR) is 61.8 cm³/mol. The van der Waals surface area contributed by atoms with E-state index in [1.165, 1.54) is 32.1 Å². The highest BCUT2D eigenvalue weighted by molar-refractivity contribution is 5.85. The van der Waals surface area contributed by atoms with Crippen LogP contribution in [0.15, 0.2) is 0 Å². The third-order valence-corrected chi connectivity index (χ3v) is 4.88. The fourth-order valence-electron chi connectivity index (χ4n) is 5.01. The Morgan fingerprint density at radius 1 is 1.07 bits per heavy atom. The zero-order valence-corrected chi connectivity index (χ0v) is 10.1. The summed E-state index contributed by atoms with van der Waals surface area (Å²) in [6.45, 7) is 2.52. The third-order valence-electron chi connectivity index (χ3n) is 4.88. The molecule has 0 amide bonds. The number of hydrogen-bond acceptors (Lipinski definition) is 1. The van der Waals surface area contributed by atoms with Crippen LogP contribution < -0.4 is 5.32 Å². The molecule has 14 heavy (non-hydrogen) atoms. The molecule has 4 aliphatic rings. The Morgan fingerprint density at radius 2 is 1.64 bits per heavy atom. The van der Waals surface area contributed by atoms with Crippen LogP contribution in [-0.4, -0.2) is 12.6 Å². The van der Waals surface area contributed by atoms with Crippen LogP contribution >= 0.6 is 12.4 Å². The van der Waals surface area contributed by atoms with E-state index in [-0.39, 0.29) is 12.4 Å². The van der Waals surface area contributed by atoms with E-state index in [0.717, 1.165) is 11.8 Å². The summed E-state index contributed by atoms with van der Waals surface area (Å²) in [6, 6.07) is 0. The van der Waals surface area contributed by atoms with Crippen LogP contribution in [-0.2, 0) is 0 Å². The molecule has 4 saturated carbocycles. The van der Waals surface area contributed by atoms with Crippen LogP contribution in [0.3, 0.4) is 0 Å². The van der Waals surface area contributed by atoms with Gasteiger partial charge in [-0.3, -0.25) is 0 Å². The minimum Gasteiger partial charge on any atom is -0.314 e. The van der Waals surface area contributed by atoms with Crippen LogP contribution in [0.4, 0.5) is 0 Å². The van der Waals surface area contributed by atoms with Gasteiger partial charge in [0, 0.05) is 5.54 Å². The van der Waals surface area contributed by atoms with E-state index in [9.17, 15) is 0 Å². The second-order valence-electron chi connectivity index (χ2n) is 6.30. The van der Waals surface area contributed by atoms with E-state index in [4.69, 9.17) is 0 Å². The molecule has 0 aliphatic heterocycles. The Balaban J connectivity index is 0.000000750. The van der Waals surface area contributed by atoms with E-state index in [2.05, 4.69) is 19.3 Å². The summed E-state index contributed by atoms with van der Waals surface area (Å²) in [5, 5.41) is 3.63. The number of nitrogens with one attached hydrogen (secondary N) is 1. The summed E-state index contributed by atoms with van der Waals surface area (Å²) in [7, 11) is 2.18. The van der Waals surface area contributed by atoms with Gasteiger partial charge in [-0.25, -0.2) is 0 Å². The molecule has 4 fully saturated rings. The normalized spacial score (nSPS) is 54.4. The van der Waals surface area contributed by atoms with Gasteiger partial charge < -0.3 is 5.32 Å². The zero-order chi connectivity index (χ0) is 9.10. The summed E-state index contributed by atoms with van der Waals surface area (Å²) in [4.78, 5) is 0. The molecule has 1 N–H and O–H groups in total. The van der Waals surface area contributed by atoms with Crippen molar-refractivity contribution in [1.29, 1.82) is 0 Å². The molecular formula is C12H22ClN. The Hall–Kier alpha value is 0.250. The molecule has 4 aliphatic carbocycles. The Morgan fingerprint density at radius 3 is 2.07 bits per heavy atom. The highest BCUT2D eigenvalue weighted by atomic mass is 35.5. The average Bonchev–Trinajstić information content (AvgIpc) is 1.99. The molecule has 0 heterocycles. The van der Waals surface area contributed by atoms with Gasteiger partial charge in [0.1, 0.15) is 0 Å². The van der Waals surface area contributed by atoms with Gasteiger partial charge in [0.25, 0.3) is 0 Å². The van der Waals surface area contributed by atoms with Crippen molar-refractivity contribution >= 4 is 12.4 Å². The Kier molecular flexibility index (Phi) is 2.40. The molecule has 0 saturated heterocycles. The van der Waals surface area contributed by atoms with Crippen LogP contribution in [0.1, 0.15) is 45.4 Å². The molecule has 2 atom stereocenters. The summed E-state index contributed by atoms with van der Waals surface area (Å²) < 4.78 is 0. The van der Waals surface area contributed by atoms with Gasteiger partial charge in [0.2, 0.25) is 0 Å². The molecule has 0 radical (unpaired) electrons. The van der Waals surface area contributed by atoms with Crippen molar-refractivity contribution in [3.05, 3.63) is 0 Å². The molecule has 82 valence electrons. The first-order valence-electron chi connectivity index (χ1n) is 5.82. The van der Waals surface area contributed by atoms with E-state index in [0.29, 0.717) is 11.0 Å². The number of rotatable bonds is 1. The lowest BCUT2D eigenvalue weighted by molar-refractivity contribution is -0.0691. The quantitative estimate of drug-likeness (QED) is 0.709. The van der Waals surface area contributed by atoms with E-state index in [1.54, 1.807) is 6.42 Å². The van der Waals surface area contributed by atoms with Gasteiger partial charge in [-0.05, 0) is 62.8 Å². The van der Waals surface area contributed by atoms with Crippen molar-refractivity contribution in [3.8, 4) is 0 Å². The Labute approximate surface area is 93.4 Å². The van der Waals surface area contributed by atoms with Crippen molar-refractivity contribution in [3.63, 3.8) is 0 Å². The second-order valence-corrected chi connectivity index (χ2v) is 6.30. The van der Waals surface area contributed by atoms with Crippen molar-refractivity contribution in [1.82, 2.24) is 5.32 Å². The minimum atomic E-state index is 0. The lowest BCUT2D eigenvalue weighted by Gasteiger charge is -2.61. The summed E-state index contributed by atoms with van der Waals surface area (Å²) >= 11 is 0. The first kappa shape index (κ1) is 10.8. The van der Waals surface area contributed by atoms with Crippen molar-refractivity contribution in [2.24, 2.45) is 17.3 Å². The highest BCUT2D eigenvalue weighted by Crippen LogP contribution is 2.61. The number of halogens is 1. The van der Waals surface area contributed by atoms with Crippen molar-refractivity contribution < 1.29 is 0 Å². The van der Waals surface area contributed by atoms with Gasteiger partial charge in [0.15, 0.2) is 0 Å². The average molecular weight is 216 g/mol. The summed E-state index contributed by atoms with van der Waals surface area (Å²) in [5.74, 6) is 2.11. The molecular weight excluding hydrogens is 194 g/mol. The summed E-state index contributed by atoms with van der Waals surface area (Å²) in [6.07, 6.45) is 8.97. The topological polar surface area (TPSA) is 12.0 Å². The fourth-order valence-corrected chi connectivity index (χ4v) is 5.01. The maximum absolute atomic E-state index is 3.63. The third kappa shape index (κ3) is 1.40. The van der Waals surface area contributed by atoms with Crippen molar-refractivity contribution in [2.45, 2.75) is 51.0 Å². The van der Waals surface area contributed by atoms with Crippen molar-refractivity contribution in [2.75, 3.05) is 7.05 Å². The molecule has 0 spiro atoms. The van der Waals surface area contributed by atoms with Gasteiger partial charge in [0.05, 0.1) is 0 Å². The van der Waals surface area contributed by atoms with E-state index < -0.39 is 0 Å². The first-order valence-corrected chi connectivity index (χ1v) is 5.82. The molecule has 0 aromatic rings. The molecule has 0 aromatic heterocycles. The van der Waals surface area contributed by atoms with Gasteiger partial charge in [-0.1, -0.05) is 6.92 Å². The van der Waals surface area contributed by atoms with Crippen LogP contribution in [0, 0.1) is 17.3 Å². The largest absolute Gasteiger partial charge is 0.314 e. The van der Waals surface area contributed by atoms with Gasteiger partial charge >= 0.3 is 0 Å². The maximum atomic E-state index is 3.63. The lowest BCUT2D eigenvalue weighted by Crippen LogP contribution is -2.60. The van der Waals surface area contributed by atoms with Crippen LogP contribution in [0.5, 0.6) is 0 Å². The van der Waals surface area contributed by atoms with E-state index in [1.807, 2.05) is 0 Å². The summed E-state index contributed by atoms with van der Waals surface area (Å²) in [5.41, 5.74) is 1.26. The smallest absolute Gasteiger partial charge is 0.0189 e. The van der Waals surface area contributed by atoms with Gasteiger partial charge in [-0.2, -0.15) is 0 Å². The van der Waals surface area contributed by atoms with Crippen LogP contribution in [0.25, 0.3) is 0 Å². The SMILES string of the molecule is CNC12CC3CC(CC(C)(C3)C1)C2.Cl. The maximum Gasteiger partial charge on any atom is 0.0189 e. The number of hydrogen-bond donors (Lipinski definition) is 1. The Bertz CT molecular complexity index is 224. The van der Waals surface area contributed by atoms with E-state index >= 15 is 0 Å². The van der Waals surface area contributed by atoms with Gasteiger partial charge in [-0.15, -0.1) is 12.4 Å². The molecule has 4 rings (SSSR count). The monoisotopic (exact) mass is 215 g/mol. The lowest BCUT2D eigenvalue weighted by atomic mass is 9.47.